The third-order valence-electron chi connectivity index (χ3n) is 7.10. The van der Waals surface area contributed by atoms with Gasteiger partial charge in [0.1, 0.15) is 0 Å². The lowest BCUT2D eigenvalue weighted by molar-refractivity contribution is -0.132. The van der Waals surface area contributed by atoms with Gasteiger partial charge in [-0.1, -0.05) is 49.4 Å². The van der Waals surface area contributed by atoms with Crippen molar-refractivity contribution in [2.45, 2.75) is 44.2 Å². The number of fused-ring (bicyclic) bond motifs is 1. The number of hydrogen-bond donors (Lipinski definition) is 0. The minimum Gasteiger partial charge on any atom is -0.493 e. The summed E-state index contributed by atoms with van der Waals surface area (Å²) in [6, 6.07) is 22.1. The second-order valence-corrected chi connectivity index (χ2v) is 12.6. The summed E-state index contributed by atoms with van der Waals surface area (Å²) >= 11 is 1.57. The lowest BCUT2D eigenvalue weighted by Crippen LogP contribution is -2.46. The van der Waals surface area contributed by atoms with Crippen molar-refractivity contribution >= 4 is 38.0 Å². The summed E-state index contributed by atoms with van der Waals surface area (Å²) in [5.41, 5.74) is 0.990. The summed E-state index contributed by atoms with van der Waals surface area (Å²) in [4.78, 5) is 16.8. The van der Waals surface area contributed by atoms with Crippen LogP contribution in [0.25, 0.3) is 10.8 Å². The first kappa shape index (κ1) is 29.6. The van der Waals surface area contributed by atoms with E-state index in [0.29, 0.717) is 37.4 Å². The summed E-state index contributed by atoms with van der Waals surface area (Å²) in [5, 5.41) is 3.78. The molecule has 7 nitrogen and oxygen atoms in total. The van der Waals surface area contributed by atoms with Gasteiger partial charge in [0, 0.05) is 17.5 Å². The highest BCUT2D eigenvalue weighted by Gasteiger charge is 2.32. The van der Waals surface area contributed by atoms with Crippen LogP contribution in [-0.2, 0) is 27.8 Å². The minimum atomic E-state index is -3.92. The normalized spacial score (nSPS) is 12.4. The minimum absolute atomic E-state index is 0.189. The topological polar surface area (TPSA) is 76.2 Å². The number of sulfonamides is 1. The van der Waals surface area contributed by atoms with Crippen LogP contribution in [0.2, 0.25) is 0 Å². The second kappa shape index (κ2) is 13.3. The van der Waals surface area contributed by atoms with Crippen LogP contribution in [0.5, 0.6) is 11.5 Å². The van der Waals surface area contributed by atoms with Gasteiger partial charge >= 0.3 is 0 Å². The van der Waals surface area contributed by atoms with E-state index in [-0.39, 0.29) is 23.4 Å². The summed E-state index contributed by atoms with van der Waals surface area (Å²) in [6.07, 6.45) is 1.16. The lowest BCUT2D eigenvalue weighted by atomic mass is 10.1. The number of nitrogens with zero attached hydrogens (tertiary/aromatic N) is 2. The number of carbonyl (C=O) groups is 1. The molecule has 0 N–H and O–H groups in total. The zero-order chi connectivity index (χ0) is 28.7. The molecule has 1 aromatic heterocycles. The first-order valence-corrected chi connectivity index (χ1v) is 15.6. The van der Waals surface area contributed by atoms with Gasteiger partial charge in [-0.2, -0.15) is 4.31 Å². The number of thiophene rings is 1. The Morgan fingerprint density at radius 3 is 2.35 bits per heavy atom. The van der Waals surface area contributed by atoms with E-state index in [2.05, 4.69) is 0 Å². The molecule has 0 unspecified atom stereocenters. The molecular weight excluding hydrogens is 544 g/mol. The third kappa shape index (κ3) is 6.83. The van der Waals surface area contributed by atoms with Crippen LogP contribution in [0, 0.1) is 0 Å². The fraction of sp³-hybridized carbons (Fsp3) is 0.323. The highest BCUT2D eigenvalue weighted by atomic mass is 32.2. The van der Waals surface area contributed by atoms with Gasteiger partial charge in [-0.15, -0.1) is 11.3 Å². The number of amides is 1. The van der Waals surface area contributed by atoms with Gasteiger partial charge in [-0.25, -0.2) is 8.42 Å². The summed E-state index contributed by atoms with van der Waals surface area (Å²) in [7, 11) is -0.738. The average Bonchev–Trinajstić information content (AvgIpc) is 3.50. The molecule has 0 saturated carbocycles. The Hall–Kier alpha value is -3.40. The molecule has 4 aromatic rings. The Bertz CT molecular complexity index is 1540. The zero-order valence-electron chi connectivity index (χ0n) is 23.4. The van der Waals surface area contributed by atoms with Gasteiger partial charge in [0.25, 0.3) is 0 Å². The molecule has 0 radical (unpaired) electrons. The van der Waals surface area contributed by atoms with E-state index in [1.165, 1.54) is 4.31 Å². The lowest BCUT2D eigenvalue weighted by Gasteiger charge is -2.30. The Labute approximate surface area is 241 Å². The van der Waals surface area contributed by atoms with E-state index in [9.17, 15) is 13.2 Å². The molecule has 0 aliphatic heterocycles. The van der Waals surface area contributed by atoms with Crippen LogP contribution in [0.3, 0.4) is 0 Å². The number of methoxy groups -OCH3 is 2. The largest absolute Gasteiger partial charge is 0.493 e. The van der Waals surface area contributed by atoms with Gasteiger partial charge in [-0.3, -0.25) is 4.79 Å². The van der Waals surface area contributed by atoms with E-state index in [1.54, 1.807) is 42.6 Å². The van der Waals surface area contributed by atoms with Crippen LogP contribution in [0.1, 0.15) is 30.7 Å². The number of hydrogen-bond acceptors (Lipinski definition) is 6. The molecule has 40 heavy (non-hydrogen) atoms. The first-order valence-electron chi connectivity index (χ1n) is 13.3. The molecule has 0 saturated heterocycles. The van der Waals surface area contributed by atoms with E-state index < -0.39 is 10.0 Å². The van der Waals surface area contributed by atoms with Crippen molar-refractivity contribution in [1.82, 2.24) is 9.21 Å². The van der Waals surface area contributed by atoms with Crippen LogP contribution in [0.4, 0.5) is 0 Å². The molecule has 9 heteroatoms. The van der Waals surface area contributed by atoms with Gasteiger partial charge in [0.15, 0.2) is 11.5 Å². The maximum absolute atomic E-state index is 13.9. The van der Waals surface area contributed by atoms with Crippen LogP contribution in [-0.4, -0.2) is 56.9 Å². The van der Waals surface area contributed by atoms with Crippen LogP contribution in [0.15, 0.2) is 83.1 Å². The van der Waals surface area contributed by atoms with Gasteiger partial charge in [0.2, 0.25) is 15.9 Å². The van der Waals surface area contributed by atoms with Crippen molar-refractivity contribution in [3.63, 3.8) is 0 Å². The second-order valence-electron chi connectivity index (χ2n) is 9.65. The Kier molecular flexibility index (Phi) is 9.84. The Morgan fingerprint density at radius 1 is 0.925 bits per heavy atom. The van der Waals surface area contributed by atoms with E-state index >= 15 is 0 Å². The fourth-order valence-electron chi connectivity index (χ4n) is 4.56. The predicted octanol–water partition coefficient (Wildman–Crippen LogP) is 5.98. The van der Waals surface area contributed by atoms with Gasteiger partial charge in [-0.05, 0) is 71.8 Å². The molecule has 4 rings (SSSR count). The SMILES string of the molecule is CC[C@@H](C)N(CC(=O)N(CCc1ccc(OC)c(OC)c1)Cc1cccs1)S(=O)(=O)c1ccc2ccccc2c1. The predicted molar refractivity (Wildman–Crippen MR) is 161 cm³/mol. The highest BCUT2D eigenvalue weighted by molar-refractivity contribution is 7.89. The number of carbonyl (C=O) groups excluding carboxylic acids is 1. The fourth-order valence-corrected chi connectivity index (χ4v) is 6.97. The summed E-state index contributed by atoms with van der Waals surface area (Å²) in [6.45, 7) is 4.38. The number of benzene rings is 3. The molecule has 1 heterocycles. The van der Waals surface area contributed by atoms with Crippen LogP contribution < -0.4 is 9.47 Å². The van der Waals surface area contributed by atoms with E-state index in [4.69, 9.17) is 9.47 Å². The highest BCUT2D eigenvalue weighted by Crippen LogP contribution is 2.28. The molecule has 0 fully saturated rings. The molecule has 1 atom stereocenters. The van der Waals surface area contributed by atoms with Crippen molar-refractivity contribution in [2.75, 3.05) is 27.3 Å². The third-order valence-corrected chi connectivity index (χ3v) is 9.92. The molecule has 3 aromatic carbocycles. The Morgan fingerprint density at radius 2 is 1.68 bits per heavy atom. The standard InChI is InChI=1S/C31H36N2O5S2/c1-5-23(2)33(40(35,36)28-14-13-25-9-6-7-10-26(25)20-28)22-31(34)32(21-27-11-8-18-39-27)17-16-24-12-15-29(37-3)30(19-24)38-4/h6-15,18-20,23H,5,16-17,21-22H2,1-4H3/t23-/m1/s1. The van der Waals surface area contributed by atoms with Crippen molar-refractivity contribution in [2.24, 2.45) is 0 Å². The maximum Gasteiger partial charge on any atom is 0.243 e. The Balaban J connectivity index is 1.59. The van der Waals surface area contributed by atoms with Crippen LogP contribution >= 0.6 is 11.3 Å². The van der Waals surface area contributed by atoms with E-state index in [1.807, 2.05) is 79.9 Å². The maximum atomic E-state index is 13.9. The first-order chi connectivity index (χ1) is 19.3. The van der Waals surface area contributed by atoms with Gasteiger partial charge < -0.3 is 14.4 Å². The monoisotopic (exact) mass is 580 g/mol. The molecule has 1 amide bonds. The van der Waals surface area contributed by atoms with E-state index in [0.717, 1.165) is 21.2 Å². The van der Waals surface area contributed by atoms with Crippen molar-refractivity contribution in [3.8, 4) is 11.5 Å². The zero-order valence-corrected chi connectivity index (χ0v) is 25.0. The van der Waals surface area contributed by atoms with Crippen molar-refractivity contribution in [1.29, 1.82) is 0 Å². The quantitative estimate of drug-likeness (QED) is 0.195. The summed E-state index contributed by atoms with van der Waals surface area (Å²) in [5.74, 6) is 1.03. The molecule has 0 bridgehead atoms. The summed E-state index contributed by atoms with van der Waals surface area (Å²) < 4.78 is 39.9. The van der Waals surface area contributed by atoms with Crippen molar-refractivity contribution < 1.29 is 22.7 Å². The average molecular weight is 581 g/mol. The van der Waals surface area contributed by atoms with Crippen molar-refractivity contribution in [3.05, 3.63) is 88.6 Å². The number of ether oxygens (including phenoxy) is 2. The molecule has 0 aliphatic rings. The molecular formula is C31H36N2O5S2. The molecule has 0 spiro atoms. The smallest absolute Gasteiger partial charge is 0.243 e. The van der Waals surface area contributed by atoms with Gasteiger partial charge in [0.05, 0.1) is 32.2 Å². The number of rotatable bonds is 13. The molecule has 212 valence electrons. The molecule has 0 aliphatic carbocycles.